The largest absolute Gasteiger partial charge is 0.481 e. The molecule has 96 valence electrons. The molecule has 0 radical (unpaired) electrons. The molecule has 1 aliphatic rings. The molecule has 0 aliphatic carbocycles. The number of pyridine rings is 1. The zero-order valence-corrected chi connectivity index (χ0v) is 10.5. The van der Waals surface area contributed by atoms with Gasteiger partial charge in [0.1, 0.15) is 0 Å². The molecule has 3 heterocycles. The number of hydrogen-bond donors (Lipinski definition) is 0. The molecular formula is C13H17N3O2. The van der Waals surface area contributed by atoms with Crippen molar-refractivity contribution >= 4 is 5.65 Å². The molecule has 1 aliphatic heterocycles. The van der Waals surface area contributed by atoms with Crippen molar-refractivity contribution in [2.45, 2.75) is 31.8 Å². The number of nitrogens with zero attached hydrogens (tertiary/aromatic N) is 3. The highest BCUT2D eigenvalue weighted by Gasteiger charge is 2.17. The van der Waals surface area contributed by atoms with E-state index in [4.69, 9.17) is 9.47 Å². The normalized spacial score (nSPS) is 20.2. The van der Waals surface area contributed by atoms with Crippen LogP contribution in [0.3, 0.4) is 0 Å². The summed E-state index contributed by atoms with van der Waals surface area (Å²) in [5.41, 5.74) is 0.820. The summed E-state index contributed by atoms with van der Waals surface area (Å²) >= 11 is 0. The minimum absolute atomic E-state index is 0.266. The van der Waals surface area contributed by atoms with E-state index in [1.807, 2.05) is 18.2 Å². The van der Waals surface area contributed by atoms with Gasteiger partial charge in [0.25, 0.3) is 0 Å². The highest BCUT2D eigenvalue weighted by Crippen LogP contribution is 2.18. The molecule has 1 fully saturated rings. The molecule has 0 aromatic carbocycles. The molecule has 1 atom stereocenters. The lowest BCUT2D eigenvalue weighted by atomic mass is 10.1. The van der Waals surface area contributed by atoms with Crippen molar-refractivity contribution < 1.29 is 9.47 Å². The van der Waals surface area contributed by atoms with Gasteiger partial charge in [-0.15, -0.1) is 5.10 Å². The van der Waals surface area contributed by atoms with E-state index in [9.17, 15) is 0 Å². The van der Waals surface area contributed by atoms with E-state index in [-0.39, 0.29) is 6.10 Å². The Labute approximate surface area is 106 Å². The Morgan fingerprint density at radius 2 is 2.39 bits per heavy atom. The van der Waals surface area contributed by atoms with Crippen LogP contribution in [0.4, 0.5) is 0 Å². The highest BCUT2D eigenvalue weighted by molar-refractivity contribution is 5.40. The summed E-state index contributed by atoms with van der Waals surface area (Å²) in [5.74, 6) is 1.53. The van der Waals surface area contributed by atoms with Crippen LogP contribution in [0.2, 0.25) is 0 Å². The fraction of sp³-hybridized carbons (Fsp3) is 0.538. The molecule has 18 heavy (non-hydrogen) atoms. The average molecular weight is 247 g/mol. The molecule has 2 aromatic heterocycles. The summed E-state index contributed by atoms with van der Waals surface area (Å²) in [5, 5.41) is 4.48. The van der Waals surface area contributed by atoms with E-state index in [2.05, 4.69) is 10.1 Å². The summed E-state index contributed by atoms with van der Waals surface area (Å²) < 4.78 is 12.7. The second-order valence-corrected chi connectivity index (χ2v) is 4.56. The Kier molecular flexibility index (Phi) is 3.15. The highest BCUT2D eigenvalue weighted by atomic mass is 16.5. The molecule has 0 amide bonds. The molecular weight excluding hydrogens is 230 g/mol. The van der Waals surface area contributed by atoms with Crippen molar-refractivity contribution in [3.8, 4) is 5.88 Å². The predicted molar refractivity (Wildman–Crippen MR) is 66.8 cm³/mol. The van der Waals surface area contributed by atoms with Gasteiger partial charge in [-0.3, -0.25) is 0 Å². The lowest BCUT2D eigenvalue weighted by Gasteiger charge is -2.20. The third-order valence-corrected chi connectivity index (χ3v) is 3.26. The van der Waals surface area contributed by atoms with E-state index < -0.39 is 0 Å². The number of aromatic nitrogens is 3. The van der Waals surface area contributed by atoms with Crippen LogP contribution in [0.1, 0.15) is 25.1 Å². The van der Waals surface area contributed by atoms with Crippen molar-refractivity contribution in [1.29, 1.82) is 0 Å². The van der Waals surface area contributed by atoms with Crippen molar-refractivity contribution in [3.63, 3.8) is 0 Å². The minimum Gasteiger partial charge on any atom is -0.481 e. The van der Waals surface area contributed by atoms with Gasteiger partial charge in [-0.25, -0.2) is 4.98 Å². The second kappa shape index (κ2) is 4.94. The monoisotopic (exact) mass is 247 g/mol. The number of ether oxygens (including phenoxy) is 2. The molecule has 0 bridgehead atoms. The van der Waals surface area contributed by atoms with Gasteiger partial charge >= 0.3 is 0 Å². The molecule has 5 nitrogen and oxygen atoms in total. The number of methoxy groups -OCH3 is 1. The second-order valence-electron chi connectivity index (χ2n) is 4.56. The smallest absolute Gasteiger partial charge is 0.216 e. The first-order valence-corrected chi connectivity index (χ1v) is 6.37. The number of rotatable bonds is 3. The lowest BCUT2D eigenvalue weighted by molar-refractivity contribution is 0.0156. The summed E-state index contributed by atoms with van der Waals surface area (Å²) in [6.45, 7) is 0.862. The van der Waals surface area contributed by atoms with Crippen molar-refractivity contribution in [2.24, 2.45) is 0 Å². The van der Waals surface area contributed by atoms with E-state index in [0.717, 1.165) is 30.9 Å². The molecule has 3 rings (SSSR count). The predicted octanol–water partition coefficient (Wildman–Crippen LogP) is 1.85. The van der Waals surface area contributed by atoms with E-state index in [0.29, 0.717) is 5.88 Å². The zero-order chi connectivity index (χ0) is 12.4. The van der Waals surface area contributed by atoms with E-state index in [1.165, 1.54) is 12.8 Å². The van der Waals surface area contributed by atoms with Gasteiger partial charge in [-0.05, 0) is 25.3 Å². The van der Waals surface area contributed by atoms with Crippen molar-refractivity contribution in [3.05, 3.63) is 24.0 Å². The fourth-order valence-corrected chi connectivity index (χ4v) is 2.34. The first-order chi connectivity index (χ1) is 8.86. The first kappa shape index (κ1) is 11.5. The van der Waals surface area contributed by atoms with Crippen molar-refractivity contribution in [1.82, 2.24) is 14.6 Å². The summed E-state index contributed by atoms with van der Waals surface area (Å²) in [7, 11) is 1.64. The summed E-state index contributed by atoms with van der Waals surface area (Å²) in [6, 6.07) is 5.73. The van der Waals surface area contributed by atoms with Crippen LogP contribution in [0, 0.1) is 0 Å². The number of fused-ring (bicyclic) bond motifs is 1. The fourth-order valence-electron chi connectivity index (χ4n) is 2.34. The van der Waals surface area contributed by atoms with E-state index >= 15 is 0 Å². The molecule has 2 aromatic rings. The molecule has 5 heteroatoms. The molecule has 1 unspecified atom stereocenters. The van der Waals surface area contributed by atoms with E-state index in [1.54, 1.807) is 11.6 Å². The Balaban J connectivity index is 1.84. The van der Waals surface area contributed by atoms with Crippen LogP contribution in [0.15, 0.2) is 18.2 Å². The molecule has 1 saturated heterocycles. The zero-order valence-electron chi connectivity index (χ0n) is 10.5. The maximum Gasteiger partial charge on any atom is 0.216 e. The minimum atomic E-state index is 0.266. The summed E-state index contributed by atoms with van der Waals surface area (Å²) in [6.07, 6.45) is 4.56. The SMILES string of the molecule is COc1cccc2nc(CC3CCCCO3)nn12. The Bertz CT molecular complexity index is 532. The van der Waals surface area contributed by atoms with Crippen LogP contribution < -0.4 is 4.74 Å². The maximum absolute atomic E-state index is 5.71. The topological polar surface area (TPSA) is 48.7 Å². The third kappa shape index (κ3) is 2.18. The third-order valence-electron chi connectivity index (χ3n) is 3.26. The first-order valence-electron chi connectivity index (χ1n) is 6.37. The van der Waals surface area contributed by atoms with Gasteiger partial charge in [0.05, 0.1) is 13.2 Å². The van der Waals surface area contributed by atoms with Crippen LogP contribution in [0.25, 0.3) is 5.65 Å². The Morgan fingerprint density at radius 1 is 1.44 bits per heavy atom. The van der Waals surface area contributed by atoms with Crippen LogP contribution >= 0.6 is 0 Å². The lowest BCUT2D eigenvalue weighted by Crippen LogP contribution is -2.21. The van der Waals surface area contributed by atoms with Gasteiger partial charge in [0.15, 0.2) is 11.5 Å². The molecule has 0 saturated carbocycles. The number of hydrogen-bond acceptors (Lipinski definition) is 4. The summed E-state index contributed by atoms with van der Waals surface area (Å²) in [4.78, 5) is 4.51. The van der Waals surface area contributed by atoms with Crippen molar-refractivity contribution in [2.75, 3.05) is 13.7 Å². The van der Waals surface area contributed by atoms with Gasteiger partial charge in [-0.2, -0.15) is 4.52 Å². The van der Waals surface area contributed by atoms with Gasteiger partial charge < -0.3 is 9.47 Å². The van der Waals surface area contributed by atoms with Gasteiger partial charge in [0, 0.05) is 19.1 Å². The van der Waals surface area contributed by atoms with Gasteiger partial charge in [-0.1, -0.05) is 6.07 Å². The quantitative estimate of drug-likeness (QED) is 0.830. The van der Waals surface area contributed by atoms with Crippen LogP contribution in [0.5, 0.6) is 5.88 Å². The Morgan fingerprint density at radius 3 is 3.17 bits per heavy atom. The van der Waals surface area contributed by atoms with Crippen LogP contribution in [-0.2, 0) is 11.2 Å². The van der Waals surface area contributed by atoms with Crippen LogP contribution in [-0.4, -0.2) is 34.4 Å². The molecule has 0 spiro atoms. The van der Waals surface area contributed by atoms with Gasteiger partial charge in [0.2, 0.25) is 5.88 Å². The standard InChI is InChI=1S/C13H17N3O2/c1-17-13-7-4-6-12-14-11(15-16(12)13)9-10-5-2-3-8-18-10/h4,6-7,10H,2-3,5,8-9H2,1H3. The maximum atomic E-state index is 5.71. The Hall–Kier alpha value is -1.62. The average Bonchev–Trinajstić information content (AvgIpc) is 2.82. The molecule has 0 N–H and O–H groups in total.